The Hall–Kier alpha value is -1.52. The molecule has 2 N–H and O–H groups in total. The zero-order valence-corrected chi connectivity index (χ0v) is 10.5. The molecule has 0 atom stereocenters. The first-order chi connectivity index (χ1) is 8.29. The van der Waals surface area contributed by atoms with Crippen LogP contribution in [0.25, 0.3) is 0 Å². The van der Waals surface area contributed by atoms with Gasteiger partial charge < -0.3 is 15.2 Å². The number of methoxy groups -OCH3 is 1. The van der Waals surface area contributed by atoms with E-state index in [9.17, 15) is 0 Å². The van der Waals surface area contributed by atoms with Gasteiger partial charge in [0.25, 0.3) is 0 Å². The van der Waals surface area contributed by atoms with Crippen LogP contribution in [0.2, 0.25) is 0 Å². The zero-order chi connectivity index (χ0) is 12.1. The van der Waals surface area contributed by atoms with Gasteiger partial charge in [0.15, 0.2) is 0 Å². The molecule has 0 aliphatic heterocycles. The van der Waals surface area contributed by atoms with Gasteiger partial charge in [0.2, 0.25) is 0 Å². The Morgan fingerprint density at radius 2 is 2.12 bits per heavy atom. The number of hydrogen-bond acceptors (Lipinski definition) is 4. The molecule has 4 heteroatoms. The minimum atomic E-state index is 0.562. The molecule has 0 radical (unpaired) electrons. The van der Waals surface area contributed by atoms with Crippen molar-refractivity contribution < 1.29 is 9.47 Å². The Bertz CT molecular complexity index is 468. The van der Waals surface area contributed by atoms with Gasteiger partial charge in [-0.2, -0.15) is 0 Å². The molecule has 0 saturated carbocycles. The SMILES string of the molecule is COc1ccc(COCc2cccs2)cc1N. The van der Waals surface area contributed by atoms with E-state index in [1.807, 2.05) is 29.6 Å². The van der Waals surface area contributed by atoms with Crippen LogP contribution < -0.4 is 10.5 Å². The first kappa shape index (κ1) is 12.0. The fourth-order valence-corrected chi connectivity index (χ4v) is 2.18. The quantitative estimate of drug-likeness (QED) is 0.828. The third kappa shape index (κ3) is 3.22. The van der Waals surface area contributed by atoms with Crippen molar-refractivity contribution in [3.63, 3.8) is 0 Å². The molecule has 0 bridgehead atoms. The Labute approximate surface area is 105 Å². The van der Waals surface area contributed by atoms with E-state index in [4.69, 9.17) is 15.2 Å². The number of rotatable bonds is 5. The Morgan fingerprint density at radius 3 is 2.76 bits per heavy atom. The summed E-state index contributed by atoms with van der Waals surface area (Å²) in [6, 6.07) is 9.79. The summed E-state index contributed by atoms with van der Waals surface area (Å²) in [6.07, 6.45) is 0. The Morgan fingerprint density at radius 1 is 1.24 bits per heavy atom. The lowest BCUT2D eigenvalue weighted by molar-refractivity contribution is 0.109. The highest BCUT2D eigenvalue weighted by Crippen LogP contribution is 2.22. The van der Waals surface area contributed by atoms with Crippen molar-refractivity contribution in [2.24, 2.45) is 0 Å². The molecular weight excluding hydrogens is 234 g/mol. The van der Waals surface area contributed by atoms with Crippen molar-refractivity contribution >= 4 is 17.0 Å². The maximum Gasteiger partial charge on any atom is 0.141 e. The predicted molar refractivity (Wildman–Crippen MR) is 70.2 cm³/mol. The van der Waals surface area contributed by atoms with Crippen LogP contribution in [0.15, 0.2) is 35.7 Å². The van der Waals surface area contributed by atoms with Crippen molar-refractivity contribution in [2.45, 2.75) is 13.2 Å². The molecule has 2 aromatic rings. The van der Waals surface area contributed by atoms with E-state index >= 15 is 0 Å². The molecule has 0 fully saturated rings. The summed E-state index contributed by atoms with van der Waals surface area (Å²) in [4.78, 5) is 1.23. The lowest BCUT2D eigenvalue weighted by Crippen LogP contribution is -1.96. The molecule has 0 unspecified atom stereocenters. The third-order valence-electron chi connectivity index (χ3n) is 2.39. The van der Waals surface area contributed by atoms with Crippen LogP contribution in [0.4, 0.5) is 5.69 Å². The van der Waals surface area contributed by atoms with Gasteiger partial charge in [-0.25, -0.2) is 0 Å². The average Bonchev–Trinajstić information content (AvgIpc) is 2.82. The summed E-state index contributed by atoms with van der Waals surface area (Å²) in [6.45, 7) is 1.20. The van der Waals surface area contributed by atoms with E-state index in [1.54, 1.807) is 18.4 Å². The van der Waals surface area contributed by atoms with Crippen LogP contribution in [0.3, 0.4) is 0 Å². The van der Waals surface area contributed by atoms with Gasteiger partial charge in [-0.1, -0.05) is 12.1 Å². The van der Waals surface area contributed by atoms with Gasteiger partial charge in [-0.05, 0) is 29.1 Å². The summed E-state index contributed by atoms with van der Waals surface area (Å²) in [7, 11) is 1.61. The molecule has 0 aliphatic rings. The van der Waals surface area contributed by atoms with Crippen molar-refractivity contribution in [1.29, 1.82) is 0 Å². The van der Waals surface area contributed by atoms with Crippen molar-refractivity contribution in [3.05, 3.63) is 46.2 Å². The number of thiophene rings is 1. The van der Waals surface area contributed by atoms with E-state index < -0.39 is 0 Å². The third-order valence-corrected chi connectivity index (χ3v) is 3.24. The second-order valence-electron chi connectivity index (χ2n) is 3.65. The number of nitrogens with two attached hydrogens (primary N) is 1. The van der Waals surface area contributed by atoms with Crippen molar-refractivity contribution in [2.75, 3.05) is 12.8 Å². The maximum atomic E-state index is 5.82. The molecule has 0 spiro atoms. The van der Waals surface area contributed by atoms with Gasteiger partial charge in [-0.15, -0.1) is 11.3 Å². The monoisotopic (exact) mass is 249 g/mol. The maximum absolute atomic E-state index is 5.82. The standard InChI is InChI=1S/C13H15NO2S/c1-15-13-5-4-10(7-12(13)14)8-16-9-11-3-2-6-17-11/h2-7H,8-9,14H2,1H3. The van der Waals surface area contributed by atoms with Crippen molar-refractivity contribution in [3.8, 4) is 5.75 Å². The summed E-state index contributed by atoms with van der Waals surface area (Å²) in [5.74, 6) is 0.701. The van der Waals surface area contributed by atoms with E-state index in [1.165, 1.54) is 4.88 Å². The topological polar surface area (TPSA) is 44.5 Å². The minimum absolute atomic E-state index is 0.562. The summed E-state index contributed by atoms with van der Waals surface area (Å²) < 4.78 is 10.7. The fourth-order valence-electron chi connectivity index (χ4n) is 1.54. The number of nitrogen functional groups attached to an aromatic ring is 1. The zero-order valence-electron chi connectivity index (χ0n) is 9.68. The molecule has 0 saturated heterocycles. The first-order valence-corrected chi connectivity index (χ1v) is 6.20. The second-order valence-corrected chi connectivity index (χ2v) is 4.68. The van der Waals surface area contributed by atoms with E-state index in [0.29, 0.717) is 24.7 Å². The largest absolute Gasteiger partial charge is 0.495 e. The van der Waals surface area contributed by atoms with E-state index in [2.05, 4.69) is 6.07 Å². The van der Waals surface area contributed by atoms with E-state index in [0.717, 1.165) is 5.56 Å². The molecule has 0 amide bonds. The Balaban J connectivity index is 1.89. The average molecular weight is 249 g/mol. The lowest BCUT2D eigenvalue weighted by Gasteiger charge is -2.07. The van der Waals surface area contributed by atoms with Gasteiger partial charge in [-0.3, -0.25) is 0 Å². The predicted octanol–water partition coefficient (Wildman–Crippen LogP) is 3.06. The molecule has 2 rings (SSSR count). The molecule has 1 aromatic heterocycles. The molecule has 17 heavy (non-hydrogen) atoms. The number of anilines is 1. The molecule has 90 valence electrons. The molecule has 1 heterocycles. The Kier molecular flexibility index (Phi) is 4.01. The summed E-state index contributed by atoms with van der Waals surface area (Å²) >= 11 is 1.70. The van der Waals surface area contributed by atoms with Gasteiger partial charge in [0.05, 0.1) is 26.0 Å². The number of ether oxygens (including phenoxy) is 2. The van der Waals surface area contributed by atoms with Gasteiger partial charge in [0.1, 0.15) is 5.75 Å². The van der Waals surface area contributed by atoms with Crippen LogP contribution in [0.1, 0.15) is 10.4 Å². The van der Waals surface area contributed by atoms with Crippen LogP contribution in [0, 0.1) is 0 Å². The van der Waals surface area contributed by atoms with E-state index in [-0.39, 0.29) is 0 Å². The highest BCUT2D eigenvalue weighted by Gasteiger charge is 2.01. The number of benzene rings is 1. The highest BCUT2D eigenvalue weighted by molar-refractivity contribution is 7.09. The molecule has 0 aliphatic carbocycles. The summed E-state index contributed by atoms with van der Waals surface area (Å²) in [5, 5.41) is 2.05. The van der Waals surface area contributed by atoms with Gasteiger partial charge in [0, 0.05) is 4.88 Å². The fraction of sp³-hybridized carbons (Fsp3) is 0.231. The first-order valence-electron chi connectivity index (χ1n) is 5.32. The van der Waals surface area contributed by atoms with Gasteiger partial charge >= 0.3 is 0 Å². The molecule has 3 nitrogen and oxygen atoms in total. The lowest BCUT2D eigenvalue weighted by atomic mass is 10.2. The van der Waals surface area contributed by atoms with Crippen molar-refractivity contribution in [1.82, 2.24) is 0 Å². The second kappa shape index (κ2) is 5.70. The number of hydrogen-bond donors (Lipinski definition) is 1. The van der Waals surface area contributed by atoms with Crippen LogP contribution in [-0.4, -0.2) is 7.11 Å². The normalized spacial score (nSPS) is 10.4. The highest BCUT2D eigenvalue weighted by atomic mass is 32.1. The van der Waals surface area contributed by atoms with Crippen LogP contribution in [-0.2, 0) is 18.0 Å². The van der Waals surface area contributed by atoms with Crippen LogP contribution in [0.5, 0.6) is 5.75 Å². The summed E-state index contributed by atoms with van der Waals surface area (Å²) in [5.41, 5.74) is 7.52. The minimum Gasteiger partial charge on any atom is -0.495 e. The molecular formula is C13H15NO2S. The smallest absolute Gasteiger partial charge is 0.141 e. The van der Waals surface area contributed by atoms with Crippen LogP contribution >= 0.6 is 11.3 Å². The molecule has 1 aromatic carbocycles.